The van der Waals surface area contributed by atoms with Gasteiger partial charge in [-0.1, -0.05) is 20.3 Å². The maximum absolute atomic E-state index is 12.9. The average Bonchev–Trinajstić information content (AvgIpc) is 2.73. The van der Waals surface area contributed by atoms with Crippen molar-refractivity contribution >= 4 is 29.6 Å². The molecule has 0 aromatic carbocycles. The van der Waals surface area contributed by atoms with Gasteiger partial charge in [0.15, 0.2) is 0 Å². The molecule has 0 radical (unpaired) electrons. The minimum absolute atomic E-state index is 0.00599. The lowest BCUT2D eigenvalue weighted by Crippen LogP contribution is -2.60. The van der Waals surface area contributed by atoms with Gasteiger partial charge < -0.3 is 43.4 Å². The number of unbranched alkanes of at least 4 members (excludes halogenated alkanes) is 1. The Bertz CT molecular complexity index is 701. The van der Waals surface area contributed by atoms with E-state index in [1.54, 1.807) is 0 Å². The predicted octanol–water partition coefficient (Wildman–Crippen LogP) is -2.33. The van der Waals surface area contributed by atoms with E-state index in [0.717, 1.165) is 0 Å². The van der Waals surface area contributed by atoms with Crippen molar-refractivity contribution in [2.75, 3.05) is 6.54 Å². The molecule has 5 atom stereocenters. The van der Waals surface area contributed by atoms with E-state index in [1.165, 1.54) is 6.92 Å². The second-order valence-corrected chi connectivity index (χ2v) is 8.71. The highest BCUT2D eigenvalue weighted by molar-refractivity contribution is 5.94. The summed E-state index contributed by atoms with van der Waals surface area (Å²) in [4.78, 5) is 60.3. The molecule has 0 aromatic heterocycles. The number of carbonyl (C=O) groups is 5. The molecule has 0 heterocycles. The smallest absolute Gasteiger partial charge is 0.326 e. The van der Waals surface area contributed by atoms with Crippen LogP contribution in [0.4, 0.5) is 0 Å². The number of primary amides is 1. The van der Waals surface area contributed by atoms with Crippen molar-refractivity contribution < 1.29 is 34.2 Å². The molecule has 13 heteroatoms. The van der Waals surface area contributed by atoms with Gasteiger partial charge in [-0.3, -0.25) is 19.2 Å². The van der Waals surface area contributed by atoms with E-state index in [2.05, 4.69) is 16.0 Å². The first-order valence-corrected chi connectivity index (χ1v) is 11.4. The van der Waals surface area contributed by atoms with Crippen LogP contribution < -0.4 is 33.2 Å². The Balaban J connectivity index is 5.35. The third-order valence-corrected chi connectivity index (χ3v) is 5.00. The molecule has 0 rings (SSSR count). The van der Waals surface area contributed by atoms with Crippen molar-refractivity contribution in [3.63, 3.8) is 0 Å². The van der Waals surface area contributed by atoms with Crippen LogP contribution in [0, 0.1) is 5.92 Å². The number of aliphatic hydroxyl groups excluding tert-OH is 1. The number of carbonyl (C=O) groups excluding carboxylic acids is 4. The first-order valence-electron chi connectivity index (χ1n) is 11.4. The van der Waals surface area contributed by atoms with Crippen LogP contribution >= 0.6 is 0 Å². The van der Waals surface area contributed by atoms with E-state index in [4.69, 9.17) is 17.2 Å². The molecule has 0 saturated heterocycles. The first kappa shape index (κ1) is 31.2. The molecule has 0 aliphatic carbocycles. The van der Waals surface area contributed by atoms with Gasteiger partial charge in [0.1, 0.15) is 18.1 Å². The Morgan fingerprint density at radius 3 is 1.91 bits per heavy atom. The molecule has 0 aliphatic rings. The number of carboxylic acids is 1. The lowest BCUT2D eigenvalue weighted by molar-refractivity contribution is -0.143. The SMILES string of the molecule is CC(C)CC(NC(=O)C(N)CCCCN)C(=O)NC(C(=O)NC(CCC(N)=O)C(=O)O)C(C)O. The fourth-order valence-corrected chi connectivity index (χ4v) is 3.09. The molecule has 0 spiro atoms. The lowest BCUT2D eigenvalue weighted by Gasteiger charge is -2.27. The summed E-state index contributed by atoms with van der Waals surface area (Å²) < 4.78 is 0. The fourth-order valence-electron chi connectivity index (χ4n) is 3.09. The number of carboxylic acid groups (broad SMARTS) is 1. The first-order chi connectivity index (χ1) is 15.8. The number of hydrogen-bond donors (Lipinski definition) is 8. The third-order valence-electron chi connectivity index (χ3n) is 5.00. The summed E-state index contributed by atoms with van der Waals surface area (Å²) in [6.45, 7) is 5.39. The second-order valence-electron chi connectivity index (χ2n) is 8.71. The Kier molecular flexibility index (Phi) is 14.7. The van der Waals surface area contributed by atoms with E-state index in [-0.39, 0.29) is 25.2 Å². The number of nitrogens with one attached hydrogen (secondary N) is 3. The summed E-state index contributed by atoms with van der Waals surface area (Å²) in [5.74, 6) is -4.38. The van der Waals surface area contributed by atoms with E-state index in [1.807, 2.05) is 13.8 Å². The Morgan fingerprint density at radius 2 is 1.44 bits per heavy atom. The normalized spacial score (nSPS) is 15.5. The standard InChI is InChI=1S/C21H40N6O7/c1-11(2)10-15(26-18(30)13(23)6-4-5-9-22)19(31)27-17(12(3)28)20(32)25-14(21(33)34)7-8-16(24)29/h11-15,17,28H,4-10,22-23H2,1-3H3,(H2,24,29)(H,25,32)(H,26,30)(H,27,31)(H,33,34). The van der Waals surface area contributed by atoms with Crippen molar-refractivity contribution in [1.82, 2.24) is 16.0 Å². The van der Waals surface area contributed by atoms with Crippen LogP contribution in [0.1, 0.15) is 59.3 Å². The van der Waals surface area contributed by atoms with Gasteiger partial charge in [0.25, 0.3) is 0 Å². The molecule has 5 unspecified atom stereocenters. The van der Waals surface area contributed by atoms with Crippen LogP contribution in [-0.2, 0) is 24.0 Å². The van der Waals surface area contributed by atoms with Crippen LogP contribution in [-0.4, -0.2) is 76.6 Å². The Morgan fingerprint density at radius 1 is 0.853 bits per heavy atom. The number of rotatable bonds is 17. The lowest BCUT2D eigenvalue weighted by atomic mass is 10.0. The molecular formula is C21H40N6O7. The van der Waals surface area contributed by atoms with Gasteiger partial charge in [-0.05, 0) is 45.1 Å². The maximum Gasteiger partial charge on any atom is 0.326 e. The molecule has 13 nitrogen and oxygen atoms in total. The van der Waals surface area contributed by atoms with E-state index in [0.29, 0.717) is 25.8 Å². The highest BCUT2D eigenvalue weighted by Gasteiger charge is 2.33. The Hall–Kier alpha value is -2.77. The van der Waals surface area contributed by atoms with Gasteiger partial charge in [0.2, 0.25) is 23.6 Å². The van der Waals surface area contributed by atoms with Gasteiger partial charge in [-0.25, -0.2) is 4.79 Å². The molecule has 0 aromatic rings. The van der Waals surface area contributed by atoms with E-state index in [9.17, 15) is 34.2 Å². The minimum atomic E-state index is -1.51. The van der Waals surface area contributed by atoms with Gasteiger partial charge in [-0.15, -0.1) is 0 Å². The molecule has 196 valence electrons. The average molecular weight is 489 g/mol. The topological polar surface area (TPSA) is 240 Å². The third kappa shape index (κ3) is 12.5. The van der Waals surface area contributed by atoms with Crippen molar-refractivity contribution in [3.05, 3.63) is 0 Å². The summed E-state index contributed by atoms with van der Waals surface area (Å²) >= 11 is 0. The van der Waals surface area contributed by atoms with Crippen LogP contribution in [0.2, 0.25) is 0 Å². The highest BCUT2D eigenvalue weighted by Crippen LogP contribution is 2.08. The molecule has 0 fully saturated rings. The zero-order valence-corrected chi connectivity index (χ0v) is 20.1. The van der Waals surface area contributed by atoms with E-state index >= 15 is 0 Å². The number of nitrogens with two attached hydrogens (primary N) is 3. The summed E-state index contributed by atoms with van der Waals surface area (Å²) in [6.07, 6.45) is 0.0537. The van der Waals surface area contributed by atoms with Crippen LogP contribution in [0.3, 0.4) is 0 Å². The molecular weight excluding hydrogens is 448 g/mol. The molecule has 11 N–H and O–H groups in total. The van der Waals surface area contributed by atoms with Gasteiger partial charge in [-0.2, -0.15) is 0 Å². The summed E-state index contributed by atoms with van der Waals surface area (Å²) in [6, 6.07) is -4.83. The van der Waals surface area contributed by atoms with Gasteiger partial charge >= 0.3 is 5.97 Å². The zero-order chi connectivity index (χ0) is 26.4. The summed E-state index contributed by atoms with van der Waals surface area (Å²) in [5, 5.41) is 26.5. The monoisotopic (exact) mass is 488 g/mol. The number of hydrogen-bond acceptors (Lipinski definition) is 8. The van der Waals surface area contributed by atoms with Crippen molar-refractivity contribution in [2.24, 2.45) is 23.1 Å². The molecule has 0 saturated carbocycles. The van der Waals surface area contributed by atoms with Crippen LogP contribution in [0.15, 0.2) is 0 Å². The summed E-state index contributed by atoms with van der Waals surface area (Å²) in [5.41, 5.74) is 16.4. The minimum Gasteiger partial charge on any atom is -0.480 e. The van der Waals surface area contributed by atoms with E-state index < -0.39 is 59.9 Å². The fraction of sp³-hybridized carbons (Fsp3) is 0.762. The number of aliphatic hydroxyl groups is 1. The van der Waals surface area contributed by atoms with Gasteiger partial charge in [0, 0.05) is 6.42 Å². The second kappa shape index (κ2) is 16.0. The van der Waals surface area contributed by atoms with Crippen molar-refractivity contribution in [3.8, 4) is 0 Å². The number of amides is 4. The van der Waals surface area contributed by atoms with Crippen LogP contribution in [0.25, 0.3) is 0 Å². The summed E-state index contributed by atoms with van der Waals surface area (Å²) in [7, 11) is 0. The van der Waals surface area contributed by atoms with Crippen molar-refractivity contribution in [2.45, 2.75) is 89.6 Å². The molecule has 0 bridgehead atoms. The van der Waals surface area contributed by atoms with Gasteiger partial charge in [0.05, 0.1) is 12.1 Å². The van der Waals surface area contributed by atoms with Crippen LogP contribution in [0.5, 0.6) is 0 Å². The molecule has 4 amide bonds. The molecule has 0 aliphatic heterocycles. The quantitative estimate of drug-likeness (QED) is 0.102. The zero-order valence-electron chi connectivity index (χ0n) is 20.1. The number of aliphatic carboxylic acids is 1. The predicted molar refractivity (Wildman–Crippen MR) is 124 cm³/mol. The Labute approximate surface area is 199 Å². The largest absolute Gasteiger partial charge is 0.480 e. The maximum atomic E-state index is 12.9. The van der Waals surface area contributed by atoms with Crippen molar-refractivity contribution in [1.29, 1.82) is 0 Å². The molecule has 34 heavy (non-hydrogen) atoms. The highest BCUT2D eigenvalue weighted by atomic mass is 16.4.